The molecule has 15 heteroatoms. The van der Waals surface area contributed by atoms with E-state index in [0.29, 0.717) is 35.3 Å². The largest absolute Gasteiger partial charge is 0.490 e. The minimum atomic E-state index is -5.08. The summed E-state index contributed by atoms with van der Waals surface area (Å²) in [7, 11) is 0. The number of cyclic esters (lactones) is 1. The van der Waals surface area contributed by atoms with Crippen molar-refractivity contribution in [1.82, 2.24) is 14.9 Å². The number of halogens is 4. The number of rotatable bonds is 3. The number of hydrogen-bond donors (Lipinski definition) is 4. The fraction of sp³-hybridized carbons (Fsp3) is 0.393. The van der Waals surface area contributed by atoms with Crippen molar-refractivity contribution in [2.75, 3.05) is 6.54 Å². The average molecular weight is 607 g/mol. The summed E-state index contributed by atoms with van der Waals surface area (Å²) < 4.78 is 53.3. The Hall–Kier alpha value is -4.37. The molecule has 2 atom stereocenters. The zero-order chi connectivity index (χ0) is 31.6. The Balaban J connectivity index is 0.000000472. The van der Waals surface area contributed by atoms with E-state index >= 15 is 0 Å². The van der Waals surface area contributed by atoms with Gasteiger partial charge < -0.3 is 30.6 Å². The number of amides is 1. The highest BCUT2D eigenvalue weighted by Gasteiger charge is 2.46. The number of fused-ring (bicyclic) bond motifs is 5. The third kappa shape index (κ3) is 4.72. The van der Waals surface area contributed by atoms with Crippen LogP contribution in [0.25, 0.3) is 22.3 Å². The van der Waals surface area contributed by atoms with Crippen LogP contribution in [0.2, 0.25) is 0 Å². The van der Waals surface area contributed by atoms with Crippen molar-refractivity contribution in [2.24, 2.45) is 5.73 Å². The molecule has 3 aliphatic rings. The molecule has 2 aliphatic heterocycles. The molecule has 6 rings (SSSR count). The number of aromatic nitrogens is 2. The molecule has 0 spiro atoms. The molecular weight excluding hydrogens is 580 g/mol. The fourth-order valence-corrected chi connectivity index (χ4v) is 5.95. The Kier molecular flexibility index (Phi) is 7.29. The second kappa shape index (κ2) is 10.4. The molecule has 0 saturated carbocycles. The van der Waals surface area contributed by atoms with E-state index in [1.807, 2.05) is 0 Å². The number of carboxylic acids is 1. The number of nitrogens with one attached hydrogen (secondary N) is 1. The number of pyridine rings is 2. The fourth-order valence-electron chi connectivity index (χ4n) is 5.95. The monoisotopic (exact) mass is 606 g/mol. The van der Waals surface area contributed by atoms with Gasteiger partial charge in [0.05, 0.1) is 41.6 Å². The van der Waals surface area contributed by atoms with Gasteiger partial charge in [-0.25, -0.2) is 19.0 Å². The first-order valence-electron chi connectivity index (χ1n) is 13.2. The molecule has 0 fully saturated rings. The van der Waals surface area contributed by atoms with Gasteiger partial charge in [0.25, 0.3) is 5.56 Å². The second-order valence-electron chi connectivity index (χ2n) is 10.5. The van der Waals surface area contributed by atoms with Crippen molar-refractivity contribution < 1.29 is 46.9 Å². The van der Waals surface area contributed by atoms with Gasteiger partial charge in [0.2, 0.25) is 5.91 Å². The molecule has 0 saturated heterocycles. The molecule has 0 radical (unpaired) electrons. The van der Waals surface area contributed by atoms with Crippen LogP contribution in [-0.4, -0.2) is 50.3 Å². The summed E-state index contributed by atoms with van der Waals surface area (Å²) in [6.45, 7) is 3.17. The molecule has 1 aliphatic carbocycles. The van der Waals surface area contributed by atoms with E-state index in [2.05, 4.69) is 5.32 Å². The number of esters is 1. The summed E-state index contributed by atoms with van der Waals surface area (Å²) in [5, 5.41) is 22.0. The molecule has 3 aromatic rings. The molecule has 5 N–H and O–H groups in total. The predicted octanol–water partition coefficient (Wildman–Crippen LogP) is 2.22. The molecule has 2 aromatic heterocycles. The number of carbonyl (C=O) groups is 3. The number of ether oxygens (including phenoxy) is 1. The van der Waals surface area contributed by atoms with Crippen molar-refractivity contribution in [3.05, 3.63) is 61.7 Å². The number of alkyl halides is 3. The SMILES string of the molecule is CC[C@@]1(O)C(=O)OCc2c1cc1n(c2=O)Cc2c-1nc1cc(F)c(C)c3c1c2[C@@H](NC(=O)CN)CC3.O=C(O)C(F)(F)F. The Morgan fingerprint density at radius 3 is 2.51 bits per heavy atom. The topological polar surface area (TPSA) is 174 Å². The van der Waals surface area contributed by atoms with Crippen molar-refractivity contribution in [3.8, 4) is 11.4 Å². The zero-order valence-electron chi connectivity index (χ0n) is 22.9. The first-order chi connectivity index (χ1) is 20.1. The van der Waals surface area contributed by atoms with E-state index < -0.39 is 23.7 Å². The average Bonchev–Trinajstić information content (AvgIpc) is 3.32. The molecule has 43 heavy (non-hydrogen) atoms. The van der Waals surface area contributed by atoms with Crippen molar-refractivity contribution >= 4 is 28.7 Å². The molecule has 1 amide bonds. The van der Waals surface area contributed by atoms with Crippen LogP contribution < -0.4 is 16.6 Å². The van der Waals surface area contributed by atoms with Gasteiger partial charge in [-0.15, -0.1) is 0 Å². The van der Waals surface area contributed by atoms with E-state index in [1.165, 1.54) is 6.07 Å². The van der Waals surface area contributed by atoms with Crippen LogP contribution in [0, 0.1) is 12.7 Å². The van der Waals surface area contributed by atoms with E-state index in [0.717, 1.165) is 22.1 Å². The number of aliphatic hydroxyl groups is 1. The number of aryl methyl sites for hydroxylation is 1. The number of hydrogen-bond acceptors (Lipinski definition) is 8. The minimum Gasteiger partial charge on any atom is -0.475 e. The number of carbonyl (C=O) groups excluding carboxylic acids is 2. The van der Waals surface area contributed by atoms with Crippen LogP contribution in [0.4, 0.5) is 17.6 Å². The first-order valence-corrected chi connectivity index (χ1v) is 13.2. The summed E-state index contributed by atoms with van der Waals surface area (Å²) in [6, 6.07) is 2.62. The van der Waals surface area contributed by atoms with Crippen molar-refractivity contribution in [1.29, 1.82) is 0 Å². The quantitative estimate of drug-likeness (QED) is 0.201. The number of carboxylic acid groups (broad SMARTS) is 1. The highest BCUT2D eigenvalue weighted by molar-refractivity contribution is 5.94. The zero-order valence-corrected chi connectivity index (χ0v) is 22.9. The molecule has 1 aromatic carbocycles. The lowest BCUT2D eigenvalue weighted by molar-refractivity contribution is -0.192. The van der Waals surface area contributed by atoms with Crippen LogP contribution in [0.3, 0.4) is 0 Å². The molecule has 11 nitrogen and oxygen atoms in total. The Morgan fingerprint density at radius 1 is 1.23 bits per heavy atom. The van der Waals surface area contributed by atoms with Gasteiger partial charge in [0.1, 0.15) is 12.4 Å². The normalized spacial score (nSPS) is 19.9. The Morgan fingerprint density at radius 2 is 1.91 bits per heavy atom. The number of nitrogens with two attached hydrogens (primary N) is 1. The highest BCUT2D eigenvalue weighted by atomic mass is 19.4. The van der Waals surface area contributed by atoms with E-state index in [9.17, 15) is 37.1 Å². The van der Waals surface area contributed by atoms with Gasteiger partial charge in [0.15, 0.2) is 5.60 Å². The van der Waals surface area contributed by atoms with Crippen LogP contribution in [-0.2, 0) is 44.3 Å². The maximum atomic E-state index is 14.9. The minimum absolute atomic E-state index is 0.0338. The van der Waals surface area contributed by atoms with E-state index in [4.69, 9.17) is 25.4 Å². The lowest BCUT2D eigenvalue weighted by Gasteiger charge is -2.31. The summed E-state index contributed by atoms with van der Waals surface area (Å²) in [5.74, 6) is -4.24. The van der Waals surface area contributed by atoms with Gasteiger partial charge in [-0.2, -0.15) is 13.2 Å². The Bertz CT molecular complexity index is 1790. The lowest BCUT2D eigenvalue weighted by Crippen LogP contribution is -2.44. The van der Waals surface area contributed by atoms with Crippen molar-refractivity contribution in [3.63, 3.8) is 0 Å². The smallest absolute Gasteiger partial charge is 0.475 e. The van der Waals surface area contributed by atoms with Crippen LogP contribution in [0.1, 0.15) is 59.2 Å². The van der Waals surface area contributed by atoms with Gasteiger partial charge in [-0.05, 0) is 48.9 Å². The standard InChI is InChI=1S/C26H25FN4O5.C2HF3O2/c1-3-26(35)15-6-19-23-13(9-31(19)24(33)14(15)10-36-25(26)34)22-17(29-20(32)8-28)5-4-12-11(2)16(27)7-18(30-23)21(12)22;3-2(4,5)1(6)7/h6-7,17,35H,3-5,8-10,28H2,1-2H3,(H,29,32);(H,6,7)/t17-,26-;/m0./s1. The number of nitrogens with zero attached hydrogens (tertiary/aromatic N) is 2. The van der Waals surface area contributed by atoms with Crippen LogP contribution in [0.5, 0.6) is 0 Å². The molecule has 4 heterocycles. The van der Waals surface area contributed by atoms with Gasteiger partial charge in [0, 0.05) is 22.6 Å². The third-order valence-corrected chi connectivity index (χ3v) is 8.14. The number of aliphatic carboxylic acids is 1. The number of benzene rings is 1. The molecule has 0 bridgehead atoms. The van der Waals surface area contributed by atoms with Crippen molar-refractivity contribution in [2.45, 2.75) is 64.1 Å². The van der Waals surface area contributed by atoms with Crippen LogP contribution >= 0.6 is 0 Å². The molecular formula is C28H26F4N4O7. The summed E-state index contributed by atoms with van der Waals surface area (Å²) in [6.07, 6.45) is -3.94. The second-order valence-corrected chi connectivity index (χ2v) is 10.5. The summed E-state index contributed by atoms with van der Waals surface area (Å²) in [4.78, 5) is 52.0. The van der Waals surface area contributed by atoms with Gasteiger partial charge >= 0.3 is 18.1 Å². The maximum absolute atomic E-state index is 14.9. The lowest BCUT2D eigenvalue weighted by atomic mass is 9.81. The van der Waals surface area contributed by atoms with E-state index in [-0.39, 0.29) is 60.6 Å². The van der Waals surface area contributed by atoms with Crippen LogP contribution in [0.15, 0.2) is 16.9 Å². The molecule has 228 valence electrons. The first kappa shape index (κ1) is 30.1. The molecule has 0 unspecified atom stereocenters. The van der Waals surface area contributed by atoms with Gasteiger partial charge in [-0.3, -0.25) is 9.59 Å². The maximum Gasteiger partial charge on any atom is 0.490 e. The van der Waals surface area contributed by atoms with E-state index in [1.54, 1.807) is 24.5 Å². The van der Waals surface area contributed by atoms with Gasteiger partial charge in [-0.1, -0.05) is 6.92 Å². The summed E-state index contributed by atoms with van der Waals surface area (Å²) >= 11 is 0. The Labute approximate surface area is 240 Å². The third-order valence-electron chi connectivity index (χ3n) is 8.14. The highest BCUT2D eigenvalue weighted by Crippen LogP contribution is 2.45. The predicted molar refractivity (Wildman–Crippen MR) is 141 cm³/mol. The summed E-state index contributed by atoms with van der Waals surface area (Å²) in [5.41, 5.74) is 7.96.